The second-order valence-corrected chi connectivity index (χ2v) is 4.73. The second-order valence-electron chi connectivity index (χ2n) is 4.73. The maximum atomic E-state index is 3.60. The summed E-state index contributed by atoms with van der Waals surface area (Å²) in [7, 11) is 0. The van der Waals surface area contributed by atoms with Crippen LogP contribution < -0.4 is 5.32 Å². The van der Waals surface area contributed by atoms with Gasteiger partial charge in [-0.15, -0.1) is 0 Å². The molecule has 1 aliphatic heterocycles. The average molecular weight is 203 g/mol. The van der Waals surface area contributed by atoms with E-state index in [1.54, 1.807) is 0 Å². The minimum Gasteiger partial charge on any atom is -0.310 e. The van der Waals surface area contributed by atoms with E-state index in [4.69, 9.17) is 0 Å². The Kier molecular flexibility index (Phi) is 3.42. The molecule has 1 N–H and O–H groups in total. The molecule has 2 atom stereocenters. The normalized spacial score (nSPS) is 26.5. The SMILES string of the molecule is CCc1ccc(C2CC(C)CCN2)cc1. The average Bonchev–Trinajstić information content (AvgIpc) is 2.29. The van der Waals surface area contributed by atoms with Crippen molar-refractivity contribution < 1.29 is 0 Å². The van der Waals surface area contributed by atoms with Crippen LogP contribution in [0.4, 0.5) is 0 Å². The second kappa shape index (κ2) is 4.80. The van der Waals surface area contributed by atoms with Crippen molar-refractivity contribution in [2.75, 3.05) is 6.54 Å². The molecule has 1 aromatic carbocycles. The summed E-state index contributed by atoms with van der Waals surface area (Å²) in [6, 6.07) is 9.68. The lowest BCUT2D eigenvalue weighted by molar-refractivity contribution is 0.325. The first-order valence-electron chi connectivity index (χ1n) is 6.12. The molecule has 0 radical (unpaired) electrons. The highest BCUT2D eigenvalue weighted by molar-refractivity contribution is 5.25. The molecular weight excluding hydrogens is 182 g/mol. The number of aryl methyl sites for hydroxylation is 1. The van der Waals surface area contributed by atoms with Crippen LogP contribution in [0.3, 0.4) is 0 Å². The summed E-state index contributed by atoms with van der Waals surface area (Å²) in [4.78, 5) is 0. The number of hydrogen-bond donors (Lipinski definition) is 1. The highest BCUT2D eigenvalue weighted by atomic mass is 14.9. The van der Waals surface area contributed by atoms with Gasteiger partial charge in [0.05, 0.1) is 0 Å². The molecular formula is C14H21N. The molecule has 0 aliphatic carbocycles. The topological polar surface area (TPSA) is 12.0 Å². The summed E-state index contributed by atoms with van der Waals surface area (Å²) in [5.74, 6) is 0.863. The molecule has 2 rings (SSSR count). The van der Waals surface area contributed by atoms with Gasteiger partial charge in [0.2, 0.25) is 0 Å². The lowest BCUT2D eigenvalue weighted by Gasteiger charge is -2.28. The van der Waals surface area contributed by atoms with Gasteiger partial charge in [0.15, 0.2) is 0 Å². The number of hydrogen-bond acceptors (Lipinski definition) is 1. The third kappa shape index (κ3) is 2.60. The first kappa shape index (κ1) is 10.7. The third-order valence-electron chi connectivity index (χ3n) is 3.46. The molecule has 15 heavy (non-hydrogen) atoms. The van der Waals surface area contributed by atoms with E-state index in [1.165, 1.54) is 30.5 Å². The van der Waals surface area contributed by atoms with Gasteiger partial charge in [-0.05, 0) is 42.9 Å². The van der Waals surface area contributed by atoms with E-state index in [2.05, 4.69) is 43.4 Å². The smallest absolute Gasteiger partial charge is 0.0322 e. The van der Waals surface area contributed by atoms with Crippen molar-refractivity contribution >= 4 is 0 Å². The summed E-state index contributed by atoms with van der Waals surface area (Å²) < 4.78 is 0. The van der Waals surface area contributed by atoms with Crippen LogP contribution in [0.1, 0.15) is 43.9 Å². The molecule has 0 aromatic heterocycles. The zero-order valence-electron chi connectivity index (χ0n) is 9.79. The predicted octanol–water partition coefficient (Wildman–Crippen LogP) is 3.31. The number of piperidine rings is 1. The molecule has 2 unspecified atom stereocenters. The first-order chi connectivity index (χ1) is 7.29. The van der Waals surface area contributed by atoms with Crippen LogP contribution in [0.5, 0.6) is 0 Å². The first-order valence-corrected chi connectivity index (χ1v) is 6.12. The largest absolute Gasteiger partial charge is 0.310 e. The third-order valence-corrected chi connectivity index (χ3v) is 3.46. The van der Waals surface area contributed by atoms with Crippen molar-refractivity contribution in [1.82, 2.24) is 5.32 Å². The van der Waals surface area contributed by atoms with Crippen LogP contribution in [0, 0.1) is 5.92 Å². The Morgan fingerprint density at radius 1 is 1.27 bits per heavy atom. The molecule has 0 bridgehead atoms. The highest BCUT2D eigenvalue weighted by Crippen LogP contribution is 2.26. The standard InChI is InChI=1S/C14H21N/c1-3-12-4-6-13(7-5-12)14-10-11(2)8-9-15-14/h4-7,11,14-15H,3,8-10H2,1-2H3. The summed E-state index contributed by atoms with van der Waals surface area (Å²) in [6.07, 6.45) is 3.74. The van der Waals surface area contributed by atoms with Crippen LogP contribution in [0.15, 0.2) is 24.3 Å². The van der Waals surface area contributed by atoms with Crippen molar-refractivity contribution in [3.05, 3.63) is 35.4 Å². The summed E-state index contributed by atoms with van der Waals surface area (Å²) >= 11 is 0. The van der Waals surface area contributed by atoms with Gasteiger partial charge in [-0.2, -0.15) is 0 Å². The fourth-order valence-corrected chi connectivity index (χ4v) is 2.35. The minimum atomic E-state index is 0.583. The Bertz CT molecular complexity index is 302. The van der Waals surface area contributed by atoms with E-state index in [0.717, 1.165) is 12.3 Å². The zero-order chi connectivity index (χ0) is 10.7. The van der Waals surface area contributed by atoms with Crippen LogP contribution in [0.2, 0.25) is 0 Å². The van der Waals surface area contributed by atoms with Gasteiger partial charge < -0.3 is 5.32 Å². The van der Waals surface area contributed by atoms with Gasteiger partial charge in [0.25, 0.3) is 0 Å². The van der Waals surface area contributed by atoms with Gasteiger partial charge in [-0.1, -0.05) is 38.1 Å². The van der Waals surface area contributed by atoms with Crippen molar-refractivity contribution in [2.24, 2.45) is 5.92 Å². The number of rotatable bonds is 2. The maximum absolute atomic E-state index is 3.60. The predicted molar refractivity (Wildman–Crippen MR) is 65.0 cm³/mol. The monoisotopic (exact) mass is 203 g/mol. The van der Waals surface area contributed by atoms with Gasteiger partial charge in [-0.25, -0.2) is 0 Å². The van der Waals surface area contributed by atoms with E-state index in [1.807, 2.05) is 0 Å². The molecule has 0 amide bonds. The molecule has 0 spiro atoms. The van der Waals surface area contributed by atoms with Gasteiger partial charge in [-0.3, -0.25) is 0 Å². The zero-order valence-corrected chi connectivity index (χ0v) is 9.79. The van der Waals surface area contributed by atoms with Gasteiger partial charge >= 0.3 is 0 Å². The van der Waals surface area contributed by atoms with E-state index < -0.39 is 0 Å². The quantitative estimate of drug-likeness (QED) is 0.777. The maximum Gasteiger partial charge on any atom is 0.0322 e. The molecule has 1 aliphatic rings. The Morgan fingerprint density at radius 2 is 2.00 bits per heavy atom. The van der Waals surface area contributed by atoms with E-state index in [0.29, 0.717) is 6.04 Å². The lowest BCUT2D eigenvalue weighted by atomic mass is 9.90. The molecule has 1 nitrogen and oxygen atoms in total. The molecule has 0 saturated carbocycles. The van der Waals surface area contributed by atoms with Gasteiger partial charge in [0, 0.05) is 6.04 Å². The van der Waals surface area contributed by atoms with Crippen LogP contribution in [-0.4, -0.2) is 6.54 Å². The lowest BCUT2D eigenvalue weighted by Crippen LogP contribution is -2.30. The fourth-order valence-electron chi connectivity index (χ4n) is 2.35. The van der Waals surface area contributed by atoms with Crippen molar-refractivity contribution in [1.29, 1.82) is 0 Å². The Morgan fingerprint density at radius 3 is 2.60 bits per heavy atom. The Labute approximate surface area is 92.9 Å². The van der Waals surface area contributed by atoms with Crippen molar-refractivity contribution in [3.8, 4) is 0 Å². The summed E-state index contributed by atoms with van der Waals surface area (Å²) in [5, 5.41) is 3.60. The molecule has 82 valence electrons. The molecule has 1 heteroatoms. The highest BCUT2D eigenvalue weighted by Gasteiger charge is 2.19. The van der Waals surface area contributed by atoms with E-state index in [9.17, 15) is 0 Å². The van der Waals surface area contributed by atoms with E-state index >= 15 is 0 Å². The van der Waals surface area contributed by atoms with Crippen molar-refractivity contribution in [2.45, 2.75) is 39.2 Å². The van der Waals surface area contributed by atoms with Crippen LogP contribution >= 0.6 is 0 Å². The van der Waals surface area contributed by atoms with Crippen molar-refractivity contribution in [3.63, 3.8) is 0 Å². The Balaban J connectivity index is 2.07. The summed E-state index contributed by atoms with van der Waals surface area (Å²) in [6.45, 7) is 5.73. The number of benzene rings is 1. The molecule has 1 aromatic rings. The molecule has 1 heterocycles. The molecule has 1 fully saturated rings. The fraction of sp³-hybridized carbons (Fsp3) is 0.571. The van der Waals surface area contributed by atoms with E-state index in [-0.39, 0.29) is 0 Å². The summed E-state index contributed by atoms with van der Waals surface area (Å²) in [5.41, 5.74) is 2.89. The van der Waals surface area contributed by atoms with Crippen LogP contribution in [0.25, 0.3) is 0 Å². The van der Waals surface area contributed by atoms with Gasteiger partial charge in [0.1, 0.15) is 0 Å². The number of nitrogens with one attached hydrogen (secondary N) is 1. The Hall–Kier alpha value is -0.820. The van der Waals surface area contributed by atoms with Crippen LogP contribution in [-0.2, 0) is 6.42 Å². The molecule has 1 saturated heterocycles. The minimum absolute atomic E-state index is 0.583.